The molecule has 27 heavy (non-hydrogen) atoms. The zero-order chi connectivity index (χ0) is 20.3. The lowest BCUT2D eigenvalue weighted by Crippen LogP contribution is -2.37. The Hall–Kier alpha value is -2.45. The van der Waals surface area contributed by atoms with Gasteiger partial charge in [0, 0.05) is 32.1 Å². The first-order valence-electron chi connectivity index (χ1n) is 8.55. The van der Waals surface area contributed by atoms with Gasteiger partial charge in [0.15, 0.2) is 12.6 Å². The van der Waals surface area contributed by atoms with Gasteiger partial charge in [-0.1, -0.05) is 12.1 Å². The molecule has 0 saturated heterocycles. The number of nitrogens with zero attached hydrogens (tertiary/aromatic N) is 1. The number of halogens is 3. The summed E-state index contributed by atoms with van der Waals surface area (Å²) >= 11 is 0. The molecule has 0 bridgehead atoms. The van der Waals surface area contributed by atoms with Crippen molar-refractivity contribution in [2.45, 2.75) is 38.9 Å². The van der Waals surface area contributed by atoms with E-state index in [2.05, 4.69) is 20.4 Å². The van der Waals surface area contributed by atoms with Gasteiger partial charge in [0.1, 0.15) is 5.75 Å². The quantitative estimate of drug-likeness (QED) is 0.294. The minimum Gasteiger partial charge on any atom is -0.484 e. The van der Waals surface area contributed by atoms with Gasteiger partial charge >= 0.3 is 12.1 Å². The molecule has 1 rings (SSSR count). The molecule has 6 nitrogen and oxygen atoms in total. The third-order valence-corrected chi connectivity index (χ3v) is 3.61. The number of alkyl halides is 3. The third-order valence-electron chi connectivity index (χ3n) is 3.61. The Bertz CT molecular complexity index is 634. The zero-order valence-corrected chi connectivity index (χ0v) is 15.8. The van der Waals surface area contributed by atoms with Crippen molar-refractivity contribution >= 4 is 11.9 Å². The van der Waals surface area contributed by atoms with Crippen LogP contribution in [0.25, 0.3) is 0 Å². The number of aryl methyl sites for hydroxylation is 1. The lowest BCUT2D eigenvalue weighted by atomic mass is 10.1. The molecule has 9 heteroatoms. The summed E-state index contributed by atoms with van der Waals surface area (Å²) in [5.41, 5.74) is 1.41. The molecular formula is C18H26F3N3O3. The van der Waals surface area contributed by atoms with Crippen LogP contribution >= 0.6 is 0 Å². The third kappa shape index (κ3) is 9.72. The fraction of sp³-hybridized carbons (Fsp3) is 0.556. The van der Waals surface area contributed by atoms with Crippen LogP contribution in [-0.2, 0) is 16.1 Å². The van der Waals surface area contributed by atoms with Crippen molar-refractivity contribution in [3.8, 4) is 5.75 Å². The van der Waals surface area contributed by atoms with E-state index in [1.165, 1.54) is 7.11 Å². The average molecular weight is 389 g/mol. The Morgan fingerprint density at radius 1 is 1.22 bits per heavy atom. The van der Waals surface area contributed by atoms with E-state index in [1.54, 1.807) is 32.2 Å². The van der Waals surface area contributed by atoms with Gasteiger partial charge < -0.3 is 20.1 Å². The van der Waals surface area contributed by atoms with Gasteiger partial charge in [0.25, 0.3) is 0 Å². The van der Waals surface area contributed by atoms with E-state index in [4.69, 9.17) is 4.74 Å². The fourth-order valence-electron chi connectivity index (χ4n) is 2.20. The van der Waals surface area contributed by atoms with Gasteiger partial charge in [0.2, 0.25) is 0 Å². The lowest BCUT2D eigenvalue weighted by Gasteiger charge is -2.16. The number of aliphatic imine (C=N–C) groups is 1. The molecule has 0 aromatic heterocycles. The van der Waals surface area contributed by atoms with E-state index in [0.29, 0.717) is 30.9 Å². The Labute approximate surface area is 157 Å². The molecule has 0 fully saturated rings. The summed E-state index contributed by atoms with van der Waals surface area (Å²) < 4.78 is 46.7. The molecule has 0 saturated carbocycles. The predicted octanol–water partition coefficient (Wildman–Crippen LogP) is 2.94. The van der Waals surface area contributed by atoms with Crippen molar-refractivity contribution in [2.75, 3.05) is 27.3 Å². The van der Waals surface area contributed by atoms with E-state index in [1.807, 2.05) is 0 Å². The van der Waals surface area contributed by atoms with Crippen LogP contribution in [0.4, 0.5) is 13.2 Å². The van der Waals surface area contributed by atoms with Gasteiger partial charge in [-0.3, -0.25) is 9.79 Å². The van der Waals surface area contributed by atoms with Crippen molar-refractivity contribution in [2.24, 2.45) is 4.99 Å². The smallest absolute Gasteiger partial charge is 0.422 e. The molecule has 152 valence electrons. The van der Waals surface area contributed by atoms with Crippen molar-refractivity contribution in [1.29, 1.82) is 0 Å². The molecule has 2 N–H and O–H groups in total. The molecular weight excluding hydrogens is 363 g/mol. The van der Waals surface area contributed by atoms with E-state index < -0.39 is 12.8 Å². The summed E-state index contributed by atoms with van der Waals surface area (Å²) in [6.07, 6.45) is -2.60. The highest BCUT2D eigenvalue weighted by Gasteiger charge is 2.28. The summed E-state index contributed by atoms with van der Waals surface area (Å²) in [4.78, 5) is 15.1. The van der Waals surface area contributed by atoms with Gasteiger partial charge in [0.05, 0.1) is 7.11 Å². The zero-order valence-electron chi connectivity index (χ0n) is 15.8. The lowest BCUT2D eigenvalue weighted by molar-refractivity contribution is -0.153. The Balaban J connectivity index is 2.51. The molecule has 0 radical (unpaired) electrons. The summed E-state index contributed by atoms with van der Waals surface area (Å²) in [5, 5.41) is 6.12. The van der Waals surface area contributed by atoms with Crippen LogP contribution in [0, 0.1) is 6.92 Å². The maximum absolute atomic E-state index is 12.4. The number of unbranched alkanes of at least 4 members (excludes halogenated alkanes) is 1. The maximum atomic E-state index is 12.4. The number of carbonyl (C=O) groups excluding carboxylic acids is 1. The molecule has 0 unspecified atom stereocenters. The first-order chi connectivity index (χ1) is 12.7. The number of carbonyl (C=O) groups is 1. The molecule has 0 aliphatic rings. The largest absolute Gasteiger partial charge is 0.484 e. The standard InChI is InChI=1S/C18H26F3N3O3/c1-13-7-8-14(15(10-13)27-12-18(19,20)21)11-24-17(22-2)23-9-5-4-6-16(25)26-3/h7-8,10H,4-6,9,11-12H2,1-3H3,(H2,22,23,24). The number of guanidine groups is 1. The summed E-state index contributed by atoms with van der Waals surface area (Å²) in [7, 11) is 2.95. The SMILES string of the molecule is CN=C(NCCCCC(=O)OC)NCc1ccc(C)cc1OCC(F)(F)F. The predicted molar refractivity (Wildman–Crippen MR) is 96.8 cm³/mol. The molecule has 0 aliphatic carbocycles. The summed E-state index contributed by atoms with van der Waals surface area (Å²) in [6, 6.07) is 5.10. The maximum Gasteiger partial charge on any atom is 0.422 e. The Morgan fingerprint density at radius 2 is 1.96 bits per heavy atom. The highest BCUT2D eigenvalue weighted by Crippen LogP contribution is 2.23. The van der Waals surface area contributed by atoms with Crippen molar-refractivity contribution < 1.29 is 27.4 Å². The first-order valence-corrected chi connectivity index (χ1v) is 8.55. The highest BCUT2D eigenvalue weighted by molar-refractivity contribution is 5.79. The number of benzene rings is 1. The number of hydrogen-bond donors (Lipinski definition) is 2. The average Bonchev–Trinajstić information content (AvgIpc) is 2.62. The van der Waals surface area contributed by atoms with Crippen LogP contribution in [0.1, 0.15) is 30.4 Å². The number of methoxy groups -OCH3 is 1. The molecule has 1 aromatic rings. The number of nitrogens with one attached hydrogen (secondary N) is 2. The van der Waals surface area contributed by atoms with Gasteiger partial charge in [-0.05, 0) is 31.4 Å². The van der Waals surface area contributed by atoms with Crippen molar-refractivity contribution in [1.82, 2.24) is 10.6 Å². The number of esters is 1. The van der Waals surface area contributed by atoms with Crippen LogP contribution < -0.4 is 15.4 Å². The van der Waals surface area contributed by atoms with E-state index in [9.17, 15) is 18.0 Å². The summed E-state index contributed by atoms with van der Waals surface area (Å²) in [5.74, 6) is 0.451. The summed E-state index contributed by atoms with van der Waals surface area (Å²) in [6.45, 7) is 1.31. The molecule has 0 atom stereocenters. The minimum atomic E-state index is -4.39. The number of rotatable bonds is 9. The Morgan fingerprint density at radius 3 is 2.59 bits per heavy atom. The van der Waals surface area contributed by atoms with Crippen LogP contribution in [0.3, 0.4) is 0 Å². The fourth-order valence-corrected chi connectivity index (χ4v) is 2.20. The van der Waals surface area contributed by atoms with Gasteiger partial charge in [-0.15, -0.1) is 0 Å². The van der Waals surface area contributed by atoms with Gasteiger partial charge in [-0.25, -0.2) is 0 Å². The second-order valence-corrected chi connectivity index (χ2v) is 5.90. The molecule has 0 heterocycles. The molecule has 0 spiro atoms. The number of hydrogen-bond acceptors (Lipinski definition) is 4. The van der Waals surface area contributed by atoms with E-state index in [-0.39, 0.29) is 18.3 Å². The normalized spacial score (nSPS) is 11.9. The molecule has 0 aliphatic heterocycles. The van der Waals surface area contributed by atoms with Gasteiger partial charge in [-0.2, -0.15) is 13.2 Å². The molecule has 0 amide bonds. The van der Waals surface area contributed by atoms with Crippen molar-refractivity contribution in [3.05, 3.63) is 29.3 Å². The van der Waals surface area contributed by atoms with E-state index in [0.717, 1.165) is 12.0 Å². The monoisotopic (exact) mass is 389 g/mol. The molecule has 1 aromatic carbocycles. The first kappa shape index (κ1) is 22.6. The topological polar surface area (TPSA) is 72.0 Å². The van der Waals surface area contributed by atoms with Crippen LogP contribution in [-0.4, -0.2) is 45.4 Å². The van der Waals surface area contributed by atoms with Crippen LogP contribution in [0.15, 0.2) is 23.2 Å². The van der Waals surface area contributed by atoms with Crippen molar-refractivity contribution in [3.63, 3.8) is 0 Å². The van der Waals surface area contributed by atoms with Crippen LogP contribution in [0.5, 0.6) is 5.75 Å². The van der Waals surface area contributed by atoms with Crippen LogP contribution in [0.2, 0.25) is 0 Å². The highest BCUT2D eigenvalue weighted by atomic mass is 19.4. The van der Waals surface area contributed by atoms with E-state index >= 15 is 0 Å². The Kier molecular flexibility index (Phi) is 9.46. The second kappa shape index (κ2) is 11.3. The number of ether oxygens (including phenoxy) is 2. The second-order valence-electron chi connectivity index (χ2n) is 5.90. The minimum absolute atomic E-state index is 0.188.